The molecule has 2 aromatic carbocycles. The first kappa shape index (κ1) is 12.6. The van der Waals surface area contributed by atoms with Crippen LogP contribution in [0.4, 0.5) is 0 Å². The van der Waals surface area contributed by atoms with E-state index in [9.17, 15) is 0 Å². The van der Waals surface area contributed by atoms with Crippen LogP contribution in [0.1, 0.15) is 11.1 Å². The molecule has 0 aliphatic rings. The van der Waals surface area contributed by atoms with Crippen molar-refractivity contribution in [2.75, 3.05) is 0 Å². The fraction of sp³-hybridized carbons (Fsp3) is 0. The molecule has 0 atom stereocenters. The lowest BCUT2D eigenvalue weighted by atomic mass is 10.0. The lowest BCUT2D eigenvalue weighted by molar-refractivity contribution is 1.35. The van der Waals surface area contributed by atoms with Crippen molar-refractivity contribution in [1.82, 2.24) is 0 Å². The van der Waals surface area contributed by atoms with Gasteiger partial charge >= 0.3 is 0 Å². The van der Waals surface area contributed by atoms with Crippen LogP contribution in [0.5, 0.6) is 0 Å². The van der Waals surface area contributed by atoms with Gasteiger partial charge in [-0.15, -0.1) is 25.3 Å². The SMILES string of the molecule is N#Cc1ccc(S)c(-c2cc(C#N)ccc2S)c1. The molecule has 0 spiro atoms. The van der Waals surface area contributed by atoms with Crippen molar-refractivity contribution < 1.29 is 0 Å². The second kappa shape index (κ2) is 5.18. The largest absolute Gasteiger partial charge is 0.192 e. The Morgan fingerprint density at radius 3 is 1.44 bits per heavy atom. The number of rotatable bonds is 1. The first-order chi connectivity index (χ1) is 8.65. The first-order valence-electron chi connectivity index (χ1n) is 5.12. The van der Waals surface area contributed by atoms with Crippen LogP contribution in [-0.2, 0) is 0 Å². The molecule has 0 N–H and O–H groups in total. The van der Waals surface area contributed by atoms with Gasteiger partial charge in [0.15, 0.2) is 0 Å². The highest BCUT2D eigenvalue weighted by Gasteiger charge is 2.08. The van der Waals surface area contributed by atoms with E-state index in [1.165, 1.54) is 0 Å². The molecule has 0 unspecified atom stereocenters. The Bertz CT molecular complexity index is 632. The van der Waals surface area contributed by atoms with Gasteiger partial charge in [-0.3, -0.25) is 0 Å². The zero-order valence-corrected chi connectivity index (χ0v) is 11.0. The molecule has 18 heavy (non-hydrogen) atoms. The van der Waals surface area contributed by atoms with Crippen molar-refractivity contribution in [2.45, 2.75) is 9.79 Å². The second-order valence-corrected chi connectivity index (χ2v) is 4.65. The quantitative estimate of drug-likeness (QED) is 0.775. The molecule has 0 aromatic heterocycles. The fourth-order valence-electron chi connectivity index (χ4n) is 1.64. The molecule has 0 aliphatic carbocycles. The average molecular weight is 268 g/mol. The highest BCUT2D eigenvalue weighted by atomic mass is 32.1. The average Bonchev–Trinajstić information content (AvgIpc) is 2.40. The predicted molar refractivity (Wildman–Crippen MR) is 75.8 cm³/mol. The number of benzene rings is 2. The van der Waals surface area contributed by atoms with Crippen molar-refractivity contribution >= 4 is 25.3 Å². The molecule has 0 bridgehead atoms. The summed E-state index contributed by atoms with van der Waals surface area (Å²) in [5.41, 5.74) is 2.72. The normalized spacial score (nSPS) is 9.56. The zero-order valence-electron chi connectivity index (χ0n) is 9.25. The Hall–Kier alpha value is -1.88. The van der Waals surface area contributed by atoms with Gasteiger partial charge in [-0.1, -0.05) is 0 Å². The Labute approximate surface area is 116 Å². The molecule has 0 aliphatic heterocycles. The van der Waals surface area contributed by atoms with E-state index >= 15 is 0 Å². The van der Waals surface area contributed by atoms with Crippen molar-refractivity contribution in [2.24, 2.45) is 0 Å². The van der Waals surface area contributed by atoms with Gasteiger partial charge in [-0.05, 0) is 47.5 Å². The zero-order chi connectivity index (χ0) is 13.1. The van der Waals surface area contributed by atoms with Crippen molar-refractivity contribution in [3.8, 4) is 23.3 Å². The third-order valence-electron chi connectivity index (χ3n) is 2.54. The van der Waals surface area contributed by atoms with E-state index in [4.69, 9.17) is 10.5 Å². The molecule has 0 amide bonds. The molecule has 0 saturated heterocycles. The molecule has 0 heterocycles. The van der Waals surface area contributed by atoms with Gasteiger partial charge < -0.3 is 0 Å². The monoisotopic (exact) mass is 268 g/mol. The maximum atomic E-state index is 8.92. The first-order valence-corrected chi connectivity index (χ1v) is 6.01. The molecule has 0 fully saturated rings. The summed E-state index contributed by atoms with van der Waals surface area (Å²) in [7, 11) is 0. The molecule has 86 valence electrons. The molecular weight excluding hydrogens is 260 g/mol. The smallest absolute Gasteiger partial charge is 0.0991 e. The van der Waals surface area contributed by atoms with Crippen LogP contribution in [0.3, 0.4) is 0 Å². The van der Waals surface area contributed by atoms with Gasteiger partial charge in [0, 0.05) is 9.79 Å². The van der Waals surface area contributed by atoms with Gasteiger partial charge in [-0.25, -0.2) is 0 Å². The summed E-state index contributed by atoms with van der Waals surface area (Å²) < 4.78 is 0. The lowest BCUT2D eigenvalue weighted by Crippen LogP contribution is -1.86. The minimum atomic E-state index is 0.554. The van der Waals surface area contributed by atoms with Crippen LogP contribution in [-0.4, -0.2) is 0 Å². The Morgan fingerprint density at radius 2 is 1.11 bits per heavy atom. The third-order valence-corrected chi connectivity index (χ3v) is 3.32. The summed E-state index contributed by atoms with van der Waals surface area (Å²) in [5.74, 6) is 0. The van der Waals surface area contributed by atoms with Crippen molar-refractivity contribution in [1.29, 1.82) is 10.5 Å². The minimum absolute atomic E-state index is 0.554. The van der Waals surface area contributed by atoms with Gasteiger partial charge in [0.05, 0.1) is 23.3 Å². The van der Waals surface area contributed by atoms with Gasteiger partial charge in [0.1, 0.15) is 0 Å². The van der Waals surface area contributed by atoms with E-state index in [1.54, 1.807) is 36.4 Å². The highest BCUT2D eigenvalue weighted by molar-refractivity contribution is 7.80. The molecule has 4 heteroatoms. The Balaban J connectivity index is 2.69. The topological polar surface area (TPSA) is 47.6 Å². The van der Waals surface area contributed by atoms with Crippen molar-refractivity contribution in [3.05, 3.63) is 47.5 Å². The van der Waals surface area contributed by atoms with E-state index < -0.39 is 0 Å². The number of nitrogens with zero attached hydrogens (tertiary/aromatic N) is 2. The van der Waals surface area contributed by atoms with E-state index in [2.05, 4.69) is 37.4 Å². The summed E-state index contributed by atoms with van der Waals surface area (Å²) in [5, 5.41) is 17.8. The van der Waals surface area contributed by atoms with Gasteiger partial charge in [0.25, 0.3) is 0 Å². The molecule has 0 saturated carbocycles. The van der Waals surface area contributed by atoms with Crippen LogP contribution in [0.2, 0.25) is 0 Å². The summed E-state index contributed by atoms with van der Waals surface area (Å²) in [6, 6.07) is 14.6. The molecule has 0 radical (unpaired) electrons. The molecule has 2 rings (SSSR count). The fourth-order valence-corrected chi connectivity index (χ4v) is 2.16. The Morgan fingerprint density at radius 1 is 0.722 bits per heavy atom. The number of nitriles is 2. The third kappa shape index (κ3) is 2.36. The Kier molecular flexibility index (Phi) is 3.62. The molecule has 2 aromatic rings. The summed E-state index contributed by atoms with van der Waals surface area (Å²) in [4.78, 5) is 1.50. The summed E-state index contributed by atoms with van der Waals surface area (Å²) >= 11 is 8.76. The standard InChI is InChI=1S/C14H8N2S2/c15-7-9-1-3-13(17)11(5-9)12-6-10(8-16)2-4-14(12)18/h1-6,17-18H. The predicted octanol–water partition coefficient (Wildman–Crippen LogP) is 3.67. The van der Waals surface area contributed by atoms with Gasteiger partial charge in [0.2, 0.25) is 0 Å². The minimum Gasteiger partial charge on any atom is -0.192 e. The molecular formula is C14H8N2S2. The number of hydrogen-bond donors (Lipinski definition) is 2. The number of hydrogen-bond acceptors (Lipinski definition) is 4. The van der Waals surface area contributed by atoms with Crippen LogP contribution in [0.15, 0.2) is 46.2 Å². The highest BCUT2D eigenvalue weighted by Crippen LogP contribution is 2.32. The second-order valence-electron chi connectivity index (χ2n) is 3.69. The van der Waals surface area contributed by atoms with Crippen molar-refractivity contribution in [3.63, 3.8) is 0 Å². The molecule has 2 nitrogen and oxygen atoms in total. The number of thiol groups is 2. The van der Waals surface area contributed by atoms with Gasteiger partial charge in [-0.2, -0.15) is 10.5 Å². The van der Waals surface area contributed by atoms with Crippen LogP contribution >= 0.6 is 25.3 Å². The van der Waals surface area contributed by atoms with Crippen LogP contribution < -0.4 is 0 Å². The summed E-state index contributed by atoms with van der Waals surface area (Å²) in [6.45, 7) is 0. The van der Waals surface area contributed by atoms with Crippen LogP contribution in [0, 0.1) is 22.7 Å². The maximum Gasteiger partial charge on any atom is 0.0991 e. The van der Waals surface area contributed by atoms with Crippen LogP contribution in [0.25, 0.3) is 11.1 Å². The van der Waals surface area contributed by atoms with E-state index in [1.807, 2.05) is 0 Å². The van der Waals surface area contributed by atoms with E-state index in [0.29, 0.717) is 11.1 Å². The summed E-state index contributed by atoms with van der Waals surface area (Å²) in [6.07, 6.45) is 0. The lowest BCUT2D eigenvalue weighted by Gasteiger charge is -2.09. The van der Waals surface area contributed by atoms with E-state index in [-0.39, 0.29) is 0 Å². The maximum absolute atomic E-state index is 8.92. The van der Waals surface area contributed by atoms with E-state index in [0.717, 1.165) is 20.9 Å².